The van der Waals surface area contributed by atoms with Crippen LogP contribution in [-0.2, 0) is 19.1 Å². The summed E-state index contributed by atoms with van der Waals surface area (Å²) >= 11 is 0. The summed E-state index contributed by atoms with van der Waals surface area (Å²) in [5.74, 6) is 0.520. The number of aldehydes is 1. The van der Waals surface area contributed by atoms with Crippen molar-refractivity contribution < 1.29 is 19.1 Å². The van der Waals surface area contributed by atoms with Crippen LogP contribution in [0.2, 0.25) is 0 Å². The van der Waals surface area contributed by atoms with Crippen molar-refractivity contribution in [3.05, 3.63) is 0 Å². The molecule has 0 spiro atoms. The second-order valence-electron chi connectivity index (χ2n) is 7.71. The molecule has 1 saturated heterocycles. The molecule has 1 aliphatic rings. The third-order valence-electron chi connectivity index (χ3n) is 4.71. The van der Waals surface area contributed by atoms with Crippen molar-refractivity contribution in [1.29, 1.82) is 0 Å². The van der Waals surface area contributed by atoms with Crippen molar-refractivity contribution in [3.63, 3.8) is 0 Å². The van der Waals surface area contributed by atoms with Crippen LogP contribution in [0.1, 0.15) is 60.8 Å². The molecule has 0 aromatic carbocycles. The van der Waals surface area contributed by atoms with Crippen LogP contribution in [0, 0.1) is 23.2 Å². The van der Waals surface area contributed by atoms with Gasteiger partial charge in [0, 0.05) is 12.3 Å². The minimum Gasteiger partial charge on any atom is -0.465 e. The zero-order chi connectivity index (χ0) is 16.9. The van der Waals surface area contributed by atoms with E-state index in [2.05, 4.69) is 20.8 Å². The van der Waals surface area contributed by atoms with Crippen LogP contribution < -0.4 is 0 Å². The van der Waals surface area contributed by atoms with Gasteiger partial charge in [-0.15, -0.1) is 0 Å². The Hall–Kier alpha value is -0.900. The predicted molar refractivity (Wildman–Crippen MR) is 86.5 cm³/mol. The minimum absolute atomic E-state index is 0.0950. The Morgan fingerprint density at radius 3 is 2.45 bits per heavy atom. The summed E-state index contributed by atoms with van der Waals surface area (Å²) in [6, 6.07) is 0. The molecule has 0 N–H and O–H groups in total. The Kier molecular flexibility index (Phi) is 7.04. The summed E-state index contributed by atoms with van der Waals surface area (Å²) in [6.07, 6.45) is 3.71. The van der Waals surface area contributed by atoms with Crippen LogP contribution in [-0.4, -0.2) is 31.1 Å². The molecule has 128 valence electrons. The molecule has 1 fully saturated rings. The molecule has 0 aromatic rings. The highest BCUT2D eigenvalue weighted by atomic mass is 16.5. The lowest BCUT2D eigenvalue weighted by Crippen LogP contribution is -2.26. The summed E-state index contributed by atoms with van der Waals surface area (Å²) in [5, 5.41) is 0. The van der Waals surface area contributed by atoms with Crippen molar-refractivity contribution in [3.8, 4) is 0 Å². The summed E-state index contributed by atoms with van der Waals surface area (Å²) in [5.41, 5.74) is -0.493. The van der Waals surface area contributed by atoms with Crippen molar-refractivity contribution in [1.82, 2.24) is 0 Å². The van der Waals surface area contributed by atoms with Gasteiger partial charge < -0.3 is 14.3 Å². The number of rotatable bonds is 7. The van der Waals surface area contributed by atoms with Gasteiger partial charge in [-0.2, -0.15) is 0 Å². The third-order valence-corrected chi connectivity index (χ3v) is 4.71. The van der Waals surface area contributed by atoms with E-state index in [-0.39, 0.29) is 30.0 Å². The maximum atomic E-state index is 11.8. The summed E-state index contributed by atoms with van der Waals surface area (Å²) < 4.78 is 11.4. The second kappa shape index (κ2) is 8.09. The Balaban J connectivity index is 2.52. The summed E-state index contributed by atoms with van der Waals surface area (Å²) in [7, 11) is 0. The molecule has 0 unspecified atom stereocenters. The lowest BCUT2D eigenvalue weighted by Gasteiger charge is -2.19. The fraction of sp³-hybridized carbons (Fsp3) is 0.889. The lowest BCUT2D eigenvalue weighted by molar-refractivity contribution is -0.153. The first kappa shape index (κ1) is 19.1. The Morgan fingerprint density at radius 2 is 1.95 bits per heavy atom. The topological polar surface area (TPSA) is 52.6 Å². The molecule has 0 aliphatic carbocycles. The molecule has 4 nitrogen and oxygen atoms in total. The number of esters is 1. The van der Waals surface area contributed by atoms with Gasteiger partial charge in [-0.25, -0.2) is 0 Å². The third kappa shape index (κ3) is 5.08. The quantitative estimate of drug-likeness (QED) is 0.532. The van der Waals surface area contributed by atoms with E-state index < -0.39 is 5.41 Å². The first-order chi connectivity index (χ1) is 10.2. The van der Waals surface area contributed by atoms with E-state index >= 15 is 0 Å². The smallest absolute Gasteiger partial charge is 0.311 e. The maximum Gasteiger partial charge on any atom is 0.311 e. The van der Waals surface area contributed by atoms with Gasteiger partial charge >= 0.3 is 5.97 Å². The van der Waals surface area contributed by atoms with Crippen molar-refractivity contribution in [2.24, 2.45) is 23.2 Å². The highest BCUT2D eigenvalue weighted by Gasteiger charge is 2.41. The fourth-order valence-corrected chi connectivity index (χ4v) is 2.82. The van der Waals surface area contributed by atoms with E-state index in [0.29, 0.717) is 18.9 Å². The molecule has 22 heavy (non-hydrogen) atoms. The van der Waals surface area contributed by atoms with Crippen LogP contribution >= 0.6 is 0 Å². The van der Waals surface area contributed by atoms with Gasteiger partial charge in [-0.3, -0.25) is 4.79 Å². The fourth-order valence-electron chi connectivity index (χ4n) is 2.82. The Morgan fingerprint density at radius 1 is 1.32 bits per heavy atom. The molecular weight excluding hydrogens is 280 g/mol. The van der Waals surface area contributed by atoms with Gasteiger partial charge in [0.15, 0.2) is 0 Å². The van der Waals surface area contributed by atoms with Gasteiger partial charge in [0.25, 0.3) is 0 Å². The van der Waals surface area contributed by atoms with E-state index in [1.165, 1.54) is 0 Å². The minimum atomic E-state index is -0.493. The second-order valence-corrected chi connectivity index (χ2v) is 7.71. The van der Waals surface area contributed by atoms with E-state index in [1.54, 1.807) is 0 Å². The number of hydrogen-bond donors (Lipinski definition) is 0. The van der Waals surface area contributed by atoms with Crippen molar-refractivity contribution in [2.75, 3.05) is 6.61 Å². The normalized spacial score (nSPS) is 30.1. The predicted octanol–water partition coefficient (Wildman–Crippen LogP) is 3.62. The molecule has 0 aromatic heterocycles. The molecule has 1 aliphatic heterocycles. The van der Waals surface area contributed by atoms with Crippen LogP contribution in [0.25, 0.3) is 0 Å². The Labute approximate surface area is 134 Å². The largest absolute Gasteiger partial charge is 0.465 e. The number of ether oxygens (including phenoxy) is 2. The van der Waals surface area contributed by atoms with Gasteiger partial charge in [0.1, 0.15) is 6.29 Å². The number of carbonyl (C=O) groups is 2. The molecule has 5 atom stereocenters. The van der Waals surface area contributed by atoms with Crippen LogP contribution in [0.4, 0.5) is 0 Å². The van der Waals surface area contributed by atoms with E-state index in [0.717, 1.165) is 19.1 Å². The molecular formula is C18H32O4. The lowest BCUT2D eigenvalue weighted by atomic mass is 9.85. The number of hydrogen-bond acceptors (Lipinski definition) is 4. The average Bonchev–Trinajstić information content (AvgIpc) is 2.73. The van der Waals surface area contributed by atoms with Crippen LogP contribution in [0.5, 0.6) is 0 Å². The van der Waals surface area contributed by atoms with Crippen LogP contribution in [0.15, 0.2) is 0 Å². The Bertz CT molecular complexity index is 372. The highest BCUT2D eigenvalue weighted by molar-refractivity contribution is 5.75. The van der Waals surface area contributed by atoms with Crippen LogP contribution in [0.3, 0.4) is 0 Å². The first-order valence-corrected chi connectivity index (χ1v) is 8.48. The van der Waals surface area contributed by atoms with E-state index in [1.807, 2.05) is 20.8 Å². The summed E-state index contributed by atoms with van der Waals surface area (Å²) in [4.78, 5) is 23.2. The molecule has 1 rings (SSSR count). The molecule has 0 saturated carbocycles. The highest BCUT2D eigenvalue weighted by Crippen LogP contribution is 2.36. The molecule has 0 amide bonds. The zero-order valence-electron chi connectivity index (χ0n) is 14.9. The standard InChI is InChI=1S/C18H32O4/c1-7-12(2)10-16-13(3)14(11-19)15(22-16)8-9-21-17(20)18(4,5)6/h11-16H,7-10H2,1-6H3/t12-,13-,14-,15+,16-/m1/s1. The monoisotopic (exact) mass is 312 g/mol. The molecule has 4 heteroatoms. The maximum absolute atomic E-state index is 11.8. The first-order valence-electron chi connectivity index (χ1n) is 8.48. The number of carbonyl (C=O) groups excluding carboxylic acids is 2. The van der Waals surface area contributed by atoms with E-state index in [4.69, 9.17) is 9.47 Å². The van der Waals surface area contributed by atoms with Gasteiger partial charge in [0.05, 0.1) is 24.2 Å². The molecule has 0 radical (unpaired) electrons. The van der Waals surface area contributed by atoms with Gasteiger partial charge in [-0.1, -0.05) is 27.2 Å². The molecule has 0 bridgehead atoms. The molecule has 1 heterocycles. The van der Waals surface area contributed by atoms with Gasteiger partial charge in [0.2, 0.25) is 0 Å². The average molecular weight is 312 g/mol. The SMILES string of the molecule is CC[C@@H](C)C[C@H]1O[C@@H](CCOC(=O)C(C)(C)C)[C@H](C=O)[C@H]1C. The van der Waals surface area contributed by atoms with Crippen molar-refractivity contribution in [2.45, 2.75) is 73.0 Å². The zero-order valence-corrected chi connectivity index (χ0v) is 14.9. The van der Waals surface area contributed by atoms with E-state index in [9.17, 15) is 9.59 Å². The summed E-state index contributed by atoms with van der Waals surface area (Å²) in [6.45, 7) is 12.3. The van der Waals surface area contributed by atoms with Gasteiger partial charge in [-0.05, 0) is 39.0 Å². The van der Waals surface area contributed by atoms with Crippen molar-refractivity contribution >= 4 is 12.3 Å².